The first kappa shape index (κ1) is 13.5. The van der Waals surface area contributed by atoms with E-state index < -0.39 is 0 Å². The number of ether oxygens (including phenoxy) is 1. The fourth-order valence-electron chi connectivity index (χ4n) is 1.99. The van der Waals surface area contributed by atoms with Crippen molar-refractivity contribution in [2.75, 3.05) is 19.6 Å². The van der Waals surface area contributed by atoms with Crippen LogP contribution in [0.2, 0.25) is 0 Å². The van der Waals surface area contributed by atoms with E-state index in [1.807, 2.05) is 20.8 Å². The van der Waals surface area contributed by atoms with Gasteiger partial charge in [-0.05, 0) is 52.6 Å². The third-order valence-corrected chi connectivity index (χ3v) is 2.89. The molecule has 1 aliphatic rings. The van der Waals surface area contributed by atoms with Gasteiger partial charge in [-0.1, -0.05) is 13.3 Å². The number of esters is 1. The lowest BCUT2D eigenvalue weighted by atomic mass is 9.94. The molecule has 0 N–H and O–H groups in total. The molecule has 1 fully saturated rings. The van der Waals surface area contributed by atoms with E-state index in [2.05, 4.69) is 11.8 Å². The number of piperidine rings is 1. The number of carbonyl (C=O) groups is 1. The van der Waals surface area contributed by atoms with Gasteiger partial charge in [-0.25, -0.2) is 0 Å². The van der Waals surface area contributed by atoms with E-state index in [-0.39, 0.29) is 11.6 Å². The molecule has 0 atom stereocenters. The van der Waals surface area contributed by atoms with Crippen LogP contribution >= 0.6 is 0 Å². The van der Waals surface area contributed by atoms with Crippen LogP contribution in [-0.2, 0) is 9.53 Å². The van der Waals surface area contributed by atoms with E-state index in [1.165, 1.54) is 0 Å². The number of nitrogens with zero attached hydrogens (tertiary/aromatic N) is 1. The third kappa shape index (κ3) is 4.97. The molecule has 1 saturated heterocycles. The van der Waals surface area contributed by atoms with E-state index in [0.29, 0.717) is 6.54 Å². The fraction of sp³-hybridized carbons (Fsp3) is 0.846. The SMILES string of the molecule is [CH2]CC1CCN(CC(=O)OC(C)(C)C)CC1. The van der Waals surface area contributed by atoms with E-state index in [9.17, 15) is 4.79 Å². The predicted octanol–water partition coefficient (Wildman–Crippen LogP) is 2.26. The molecule has 0 spiro atoms. The second kappa shape index (κ2) is 5.67. The quantitative estimate of drug-likeness (QED) is 0.691. The molecule has 0 bridgehead atoms. The van der Waals surface area contributed by atoms with Gasteiger partial charge in [-0.3, -0.25) is 9.69 Å². The normalized spacial score (nSPS) is 19.8. The predicted molar refractivity (Wildman–Crippen MR) is 65.0 cm³/mol. The molecule has 1 heterocycles. The maximum Gasteiger partial charge on any atom is 0.320 e. The molecule has 0 aliphatic carbocycles. The Morgan fingerprint density at radius 2 is 1.94 bits per heavy atom. The zero-order chi connectivity index (χ0) is 12.2. The van der Waals surface area contributed by atoms with Gasteiger partial charge in [-0.15, -0.1) is 0 Å². The maximum atomic E-state index is 11.6. The summed E-state index contributed by atoms with van der Waals surface area (Å²) < 4.78 is 5.30. The highest BCUT2D eigenvalue weighted by Gasteiger charge is 2.22. The second-order valence-electron chi connectivity index (χ2n) is 5.59. The third-order valence-electron chi connectivity index (χ3n) is 2.89. The second-order valence-corrected chi connectivity index (χ2v) is 5.59. The van der Waals surface area contributed by atoms with E-state index in [4.69, 9.17) is 4.74 Å². The van der Waals surface area contributed by atoms with Crippen molar-refractivity contribution in [3.05, 3.63) is 6.92 Å². The van der Waals surface area contributed by atoms with Crippen molar-refractivity contribution in [1.29, 1.82) is 0 Å². The Morgan fingerprint density at radius 1 is 1.38 bits per heavy atom. The first-order valence-electron chi connectivity index (χ1n) is 6.14. The summed E-state index contributed by atoms with van der Waals surface area (Å²) in [5, 5.41) is 0. The Labute approximate surface area is 99.1 Å². The molecule has 1 aliphatic heterocycles. The minimum atomic E-state index is -0.372. The summed E-state index contributed by atoms with van der Waals surface area (Å²) in [6.07, 6.45) is 3.33. The highest BCUT2D eigenvalue weighted by Crippen LogP contribution is 2.19. The van der Waals surface area contributed by atoms with Crippen molar-refractivity contribution in [2.24, 2.45) is 5.92 Å². The van der Waals surface area contributed by atoms with E-state index in [0.717, 1.165) is 38.3 Å². The Balaban J connectivity index is 2.26. The van der Waals surface area contributed by atoms with Gasteiger partial charge in [-0.2, -0.15) is 0 Å². The minimum absolute atomic E-state index is 0.111. The van der Waals surface area contributed by atoms with Crippen LogP contribution in [0.15, 0.2) is 0 Å². The van der Waals surface area contributed by atoms with Crippen molar-refractivity contribution in [2.45, 2.75) is 45.6 Å². The summed E-state index contributed by atoms with van der Waals surface area (Å²) in [5.74, 6) is 0.635. The van der Waals surface area contributed by atoms with Gasteiger partial charge in [0.15, 0.2) is 0 Å². The summed E-state index contributed by atoms with van der Waals surface area (Å²) in [7, 11) is 0. The number of carbonyl (C=O) groups excluding carboxylic acids is 1. The van der Waals surface area contributed by atoms with Gasteiger partial charge >= 0.3 is 5.97 Å². The van der Waals surface area contributed by atoms with Crippen LogP contribution in [0.1, 0.15) is 40.0 Å². The van der Waals surface area contributed by atoms with Crippen LogP contribution in [0.5, 0.6) is 0 Å². The summed E-state index contributed by atoms with van der Waals surface area (Å²) in [6.45, 7) is 12.1. The highest BCUT2D eigenvalue weighted by atomic mass is 16.6. The fourth-order valence-corrected chi connectivity index (χ4v) is 1.99. The average Bonchev–Trinajstić information content (AvgIpc) is 2.16. The molecule has 3 nitrogen and oxygen atoms in total. The maximum absolute atomic E-state index is 11.6. The zero-order valence-corrected chi connectivity index (χ0v) is 10.8. The zero-order valence-electron chi connectivity index (χ0n) is 10.8. The average molecular weight is 226 g/mol. The van der Waals surface area contributed by atoms with Crippen molar-refractivity contribution < 1.29 is 9.53 Å². The standard InChI is InChI=1S/C13H24NO2/c1-5-11-6-8-14(9-7-11)10-12(15)16-13(2,3)4/h11H,1,5-10H2,2-4H3. The number of likely N-dealkylation sites (tertiary alicyclic amines) is 1. The van der Waals surface area contributed by atoms with Gasteiger partial charge in [0.2, 0.25) is 0 Å². The van der Waals surface area contributed by atoms with Crippen LogP contribution in [-0.4, -0.2) is 36.1 Å². The number of hydrogen-bond donors (Lipinski definition) is 0. The molecular weight excluding hydrogens is 202 g/mol. The number of rotatable bonds is 3. The first-order chi connectivity index (χ1) is 7.40. The molecule has 16 heavy (non-hydrogen) atoms. The molecule has 0 aromatic carbocycles. The van der Waals surface area contributed by atoms with Gasteiger partial charge in [0.05, 0.1) is 6.54 Å². The molecule has 0 aromatic rings. The summed E-state index contributed by atoms with van der Waals surface area (Å²) in [4.78, 5) is 13.8. The monoisotopic (exact) mass is 226 g/mol. The molecule has 0 unspecified atom stereocenters. The van der Waals surface area contributed by atoms with Gasteiger partial charge in [0.1, 0.15) is 5.60 Å². The van der Waals surface area contributed by atoms with Crippen LogP contribution in [0, 0.1) is 12.8 Å². The summed E-state index contributed by atoms with van der Waals surface area (Å²) in [6, 6.07) is 0. The largest absolute Gasteiger partial charge is 0.459 e. The van der Waals surface area contributed by atoms with Crippen LogP contribution in [0.25, 0.3) is 0 Å². The summed E-state index contributed by atoms with van der Waals surface area (Å²) >= 11 is 0. The molecular formula is C13H24NO2. The Morgan fingerprint density at radius 3 is 2.38 bits per heavy atom. The number of hydrogen-bond acceptors (Lipinski definition) is 3. The van der Waals surface area contributed by atoms with Crippen molar-refractivity contribution in [3.8, 4) is 0 Å². The molecule has 0 aromatic heterocycles. The molecule has 1 rings (SSSR count). The van der Waals surface area contributed by atoms with Crippen molar-refractivity contribution in [3.63, 3.8) is 0 Å². The molecule has 3 heteroatoms. The van der Waals surface area contributed by atoms with Crippen LogP contribution in [0.3, 0.4) is 0 Å². The van der Waals surface area contributed by atoms with Crippen molar-refractivity contribution in [1.82, 2.24) is 4.90 Å². The van der Waals surface area contributed by atoms with E-state index >= 15 is 0 Å². The molecule has 1 radical (unpaired) electrons. The molecule has 93 valence electrons. The molecule has 0 amide bonds. The van der Waals surface area contributed by atoms with E-state index in [1.54, 1.807) is 0 Å². The lowest BCUT2D eigenvalue weighted by molar-refractivity contribution is -0.156. The Hall–Kier alpha value is -0.570. The van der Waals surface area contributed by atoms with Gasteiger partial charge in [0.25, 0.3) is 0 Å². The minimum Gasteiger partial charge on any atom is -0.459 e. The highest BCUT2D eigenvalue weighted by molar-refractivity contribution is 5.72. The Bertz CT molecular complexity index is 225. The van der Waals surface area contributed by atoms with Crippen molar-refractivity contribution >= 4 is 5.97 Å². The smallest absolute Gasteiger partial charge is 0.320 e. The lowest BCUT2D eigenvalue weighted by Gasteiger charge is -2.31. The topological polar surface area (TPSA) is 29.5 Å². The molecule has 0 saturated carbocycles. The van der Waals surface area contributed by atoms with Crippen LogP contribution in [0.4, 0.5) is 0 Å². The Kier molecular flexibility index (Phi) is 4.78. The van der Waals surface area contributed by atoms with Gasteiger partial charge < -0.3 is 4.74 Å². The first-order valence-corrected chi connectivity index (χ1v) is 6.14. The van der Waals surface area contributed by atoms with Crippen LogP contribution < -0.4 is 0 Å². The lowest BCUT2D eigenvalue weighted by Crippen LogP contribution is -2.39. The summed E-state index contributed by atoms with van der Waals surface area (Å²) in [5.41, 5.74) is -0.372. The van der Waals surface area contributed by atoms with Gasteiger partial charge in [0, 0.05) is 0 Å².